The Morgan fingerprint density at radius 2 is 1.85 bits per heavy atom. The third-order valence-electron chi connectivity index (χ3n) is 6.70. The Balaban J connectivity index is 0.000000909. The molecular formula is C31H35ClN6O3. The van der Waals surface area contributed by atoms with E-state index in [2.05, 4.69) is 33.8 Å². The molecule has 1 fully saturated rings. The quantitative estimate of drug-likeness (QED) is 0.211. The predicted octanol–water partition coefficient (Wildman–Crippen LogP) is 5.99. The molecule has 3 aromatic heterocycles. The van der Waals surface area contributed by atoms with Gasteiger partial charge in [0.25, 0.3) is 5.56 Å². The minimum Gasteiger partial charge on any atom is -0.497 e. The van der Waals surface area contributed by atoms with Crippen LogP contribution in [0.5, 0.6) is 11.5 Å². The van der Waals surface area contributed by atoms with E-state index in [4.69, 9.17) is 26.1 Å². The highest BCUT2D eigenvalue weighted by Crippen LogP contribution is 2.38. The number of methoxy groups -OCH3 is 2. The highest BCUT2D eigenvalue weighted by atomic mass is 35.5. The topological polar surface area (TPSA) is 103 Å². The molecule has 4 aromatic rings. The van der Waals surface area contributed by atoms with E-state index in [1.54, 1.807) is 54.4 Å². The fourth-order valence-corrected chi connectivity index (χ4v) is 4.47. The molecule has 0 atom stereocenters. The fourth-order valence-electron chi connectivity index (χ4n) is 4.18. The van der Waals surface area contributed by atoms with Gasteiger partial charge in [-0.3, -0.25) is 14.3 Å². The molecule has 0 unspecified atom stereocenters. The van der Waals surface area contributed by atoms with Crippen LogP contribution >= 0.6 is 11.6 Å². The van der Waals surface area contributed by atoms with Gasteiger partial charge in [-0.25, -0.2) is 4.98 Å². The lowest BCUT2D eigenvalue weighted by atomic mass is 10.0. The molecule has 1 aliphatic rings. The number of fused-ring (bicyclic) bond motifs is 1. The number of nitrogens with one attached hydrogen (secondary N) is 2. The Kier molecular flexibility index (Phi) is 9.97. The number of benzene rings is 1. The molecule has 0 bridgehead atoms. The van der Waals surface area contributed by atoms with E-state index in [0.29, 0.717) is 58.1 Å². The SMILES string of the molecule is C=CC=C.CNc1ccc(CCn2c(=O)c(-c3cc(OC)cc(OC)c3Cl)cc3cnc(NCC4CC4)nc32)nc1. The molecule has 1 saturated carbocycles. The van der Waals surface area contributed by atoms with Gasteiger partial charge in [0, 0.05) is 61.0 Å². The second kappa shape index (κ2) is 13.8. The number of anilines is 2. The van der Waals surface area contributed by atoms with Crippen LogP contribution in [0.2, 0.25) is 5.02 Å². The molecule has 1 aromatic carbocycles. The van der Waals surface area contributed by atoms with Crippen molar-refractivity contribution in [1.29, 1.82) is 0 Å². The number of rotatable bonds is 11. The summed E-state index contributed by atoms with van der Waals surface area (Å²) in [5.74, 6) is 2.14. The molecule has 41 heavy (non-hydrogen) atoms. The Labute approximate surface area is 244 Å². The molecule has 0 aliphatic heterocycles. The zero-order valence-electron chi connectivity index (χ0n) is 23.6. The van der Waals surface area contributed by atoms with E-state index >= 15 is 0 Å². The molecule has 10 heteroatoms. The fraction of sp³-hybridized carbons (Fsp3) is 0.290. The average molecular weight is 575 g/mol. The van der Waals surface area contributed by atoms with Crippen molar-refractivity contribution >= 4 is 34.3 Å². The summed E-state index contributed by atoms with van der Waals surface area (Å²) in [6.07, 6.45) is 9.78. The van der Waals surface area contributed by atoms with Crippen molar-refractivity contribution in [3.63, 3.8) is 0 Å². The van der Waals surface area contributed by atoms with E-state index < -0.39 is 0 Å². The predicted molar refractivity (Wildman–Crippen MR) is 166 cm³/mol. The van der Waals surface area contributed by atoms with E-state index in [-0.39, 0.29) is 5.56 Å². The summed E-state index contributed by atoms with van der Waals surface area (Å²) >= 11 is 6.67. The Hall–Kier alpha value is -4.37. The Morgan fingerprint density at radius 3 is 2.46 bits per heavy atom. The van der Waals surface area contributed by atoms with Crippen LogP contribution in [-0.4, -0.2) is 47.3 Å². The van der Waals surface area contributed by atoms with Crippen molar-refractivity contribution in [3.05, 3.63) is 89.1 Å². The number of hydrogen-bond acceptors (Lipinski definition) is 8. The van der Waals surface area contributed by atoms with E-state index in [1.807, 2.05) is 19.2 Å². The number of aryl methyl sites for hydroxylation is 2. The second-order valence-electron chi connectivity index (χ2n) is 9.51. The zero-order chi connectivity index (χ0) is 29.4. The molecule has 9 nitrogen and oxygen atoms in total. The van der Waals surface area contributed by atoms with Crippen molar-refractivity contribution in [3.8, 4) is 22.6 Å². The number of pyridine rings is 2. The van der Waals surface area contributed by atoms with Gasteiger partial charge >= 0.3 is 0 Å². The molecule has 2 N–H and O–H groups in total. The Morgan fingerprint density at radius 1 is 1.07 bits per heavy atom. The zero-order valence-corrected chi connectivity index (χ0v) is 24.4. The minimum absolute atomic E-state index is 0.219. The average Bonchev–Trinajstić information content (AvgIpc) is 3.84. The molecule has 0 amide bonds. The summed E-state index contributed by atoms with van der Waals surface area (Å²) in [6.45, 7) is 7.93. The lowest BCUT2D eigenvalue weighted by molar-refractivity contribution is 0.395. The number of hydrogen-bond donors (Lipinski definition) is 2. The molecular weight excluding hydrogens is 540 g/mol. The van der Waals surface area contributed by atoms with Gasteiger partial charge in [-0.05, 0) is 43.0 Å². The van der Waals surface area contributed by atoms with Crippen molar-refractivity contribution in [1.82, 2.24) is 19.5 Å². The summed E-state index contributed by atoms with van der Waals surface area (Å²) < 4.78 is 12.5. The van der Waals surface area contributed by atoms with Gasteiger partial charge in [0.15, 0.2) is 0 Å². The van der Waals surface area contributed by atoms with Gasteiger partial charge < -0.3 is 20.1 Å². The number of halogens is 1. The lowest BCUT2D eigenvalue weighted by Gasteiger charge is -2.16. The Bertz CT molecular complexity index is 1580. The van der Waals surface area contributed by atoms with Crippen molar-refractivity contribution in [2.24, 2.45) is 5.92 Å². The first kappa shape index (κ1) is 29.6. The molecule has 214 valence electrons. The van der Waals surface area contributed by atoms with Crippen LogP contribution in [0.1, 0.15) is 18.5 Å². The van der Waals surface area contributed by atoms with Gasteiger partial charge in [0.05, 0.1) is 31.1 Å². The van der Waals surface area contributed by atoms with Gasteiger partial charge in [-0.2, -0.15) is 4.98 Å². The molecule has 0 saturated heterocycles. The van der Waals surface area contributed by atoms with Crippen LogP contribution in [-0.2, 0) is 13.0 Å². The molecule has 3 heterocycles. The third kappa shape index (κ3) is 7.24. The van der Waals surface area contributed by atoms with Gasteiger partial charge in [0.2, 0.25) is 5.95 Å². The van der Waals surface area contributed by atoms with E-state index in [1.165, 1.54) is 20.0 Å². The first-order chi connectivity index (χ1) is 19.9. The van der Waals surface area contributed by atoms with Gasteiger partial charge in [-0.15, -0.1) is 0 Å². The van der Waals surface area contributed by atoms with Crippen LogP contribution in [0.3, 0.4) is 0 Å². The van der Waals surface area contributed by atoms with Crippen molar-refractivity contribution in [2.45, 2.75) is 25.8 Å². The van der Waals surface area contributed by atoms with Crippen LogP contribution in [0.4, 0.5) is 11.6 Å². The summed E-state index contributed by atoms with van der Waals surface area (Å²) in [4.78, 5) is 27.7. The maximum atomic E-state index is 14.0. The van der Waals surface area contributed by atoms with Crippen LogP contribution < -0.4 is 25.7 Å². The summed E-state index contributed by atoms with van der Waals surface area (Å²) in [7, 11) is 4.93. The number of nitrogens with zero attached hydrogens (tertiary/aromatic N) is 4. The van der Waals surface area contributed by atoms with Crippen LogP contribution in [0, 0.1) is 5.92 Å². The second-order valence-corrected chi connectivity index (χ2v) is 9.89. The lowest BCUT2D eigenvalue weighted by Crippen LogP contribution is -2.24. The highest BCUT2D eigenvalue weighted by Gasteiger charge is 2.22. The van der Waals surface area contributed by atoms with Crippen LogP contribution in [0.15, 0.2) is 72.8 Å². The molecule has 5 rings (SSSR count). The van der Waals surface area contributed by atoms with Gasteiger partial charge in [-0.1, -0.05) is 36.9 Å². The number of aromatic nitrogens is 4. The van der Waals surface area contributed by atoms with E-state index in [0.717, 1.165) is 23.3 Å². The first-order valence-corrected chi connectivity index (χ1v) is 13.7. The molecule has 1 aliphatic carbocycles. The smallest absolute Gasteiger partial charge is 0.260 e. The normalized spacial score (nSPS) is 12.2. The largest absolute Gasteiger partial charge is 0.497 e. The van der Waals surface area contributed by atoms with Crippen molar-refractivity contribution in [2.75, 3.05) is 38.4 Å². The summed E-state index contributed by atoms with van der Waals surface area (Å²) in [6, 6.07) is 9.11. The number of allylic oxidation sites excluding steroid dienone is 2. The maximum absolute atomic E-state index is 14.0. The van der Waals surface area contributed by atoms with Crippen molar-refractivity contribution < 1.29 is 9.47 Å². The van der Waals surface area contributed by atoms with E-state index in [9.17, 15) is 4.79 Å². The van der Waals surface area contributed by atoms with Crippen LogP contribution in [0.25, 0.3) is 22.2 Å². The highest BCUT2D eigenvalue weighted by molar-refractivity contribution is 6.35. The number of ether oxygens (including phenoxy) is 2. The molecule has 0 radical (unpaired) electrons. The third-order valence-corrected chi connectivity index (χ3v) is 7.09. The minimum atomic E-state index is -0.219. The summed E-state index contributed by atoms with van der Waals surface area (Å²) in [5.41, 5.74) is 3.06. The monoisotopic (exact) mass is 574 g/mol. The van der Waals surface area contributed by atoms with Gasteiger partial charge in [0.1, 0.15) is 17.1 Å². The summed E-state index contributed by atoms with van der Waals surface area (Å²) in [5, 5.41) is 7.43. The molecule has 0 spiro atoms. The maximum Gasteiger partial charge on any atom is 0.260 e. The first-order valence-electron chi connectivity index (χ1n) is 13.3. The standard InChI is InChI=1S/C27H29ClN6O3.C4H6/c1-29-19-7-6-18(30-15-19)8-9-34-25-17(14-32-27(33-25)31-13-16-4-5-16)10-22(26(34)35)21-11-20(36-2)12-23(37-3)24(21)28;1-3-4-2/h6-7,10-12,14-16,29H,4-5,8-9,13H2,1-3H3,(H,31,32,33);3-4H,1-2H2.